The van der Waals surface area contributed by atoms with Gasteiger partial charge in [0.15, 0.2) is 5.58 Å². The molecule has 1 N–H and O–H groups in total. The Balaban J connectivity index is 1.75. The molecular weight excluding hydrogens is 292 g/mol. The minimum atomic E-state index is -0.649. The predicted molar refractivity (Wildman–Crippen MR) is 83.3 cm³/mol. The number of hydrogen-bond acceptors (Lipinski definition) is 3. The highest BCUT2D eigenvalue weighted by atomic mass is 35.5. The number of fused-ring (bicyclic) bond motifs is 1. The highest BCUT2D eigenvalue weighted by molar-refractivity contribution is 7.99. The van der Waals surface area contributed by atoms with Crippen LogP contribution >= 0.6 is 23.4 Å². The van der Waals surface area contributed by atoms with Crippen molar-refractivity contribution in [1.82, 2.24) is 0 Å². The van der Waals surface area contributed by atoms with Crippen molar-refractivity contribution in [1.29, 1.82) is 0 Å². The van der Waals surface area contributed by atoms with E-state index in [4.69, 9.17) is 16.0 Å². The van der Waals surface area contributed by atoms with E-state index in [1.807, 2.05) is 48.5 Å². The molecule has 3 rings (SSSR count). The van der Waals surface area contributed by atoms with E-state index >= 15 is 0 Å². The van der Waals surface area contributed by atoms with Crippen molar-refractivity contribution in [2.45, 2.75) is 11.0 Å². The Morgan fingerprint density at radius 1 is 1.10 bits per heavy atom. The third kappa shape index (κ3) is 2.85. The fourth-order valence-corrected chi connectivity index (χ4v) is 3.07. The maximum atomic E-state index is 10.2. The zero-order valence-electron chi connectivity index (χ0n) is 10.6. The largest absolute Gasteiger partial charge is 0.457 e. The van der Waals surface area contributed by atoms with Gasteiger partial charge in [0.25, 0.3) is 0 Å². The van der Waals surface area contributed by atoms with Crippen molar-refractivity contribution < 1.29 is 9.52 Å². The molecule has 0 spiro atoms. The minimum absolute atomic E-state index is 0.543. The molecule has 0 aliphatic carbocycles. The number of benzene rings is 2. The van der Waals surface area contributed by atoms with Crippen LogP contribution in [-0.2, 0) is 0 Å². The first-order chi connectivity index (χ1) is 9.74. The van der Waals surface area contributed by atoms with Crippen LogP contribution in [0.15, 0.2) is 63.9 Å². The average molecular weight is 305 g/mol. The van der Waals surface area contributed by atoms with Crippen LogP contribution in [0.25, 0.3) is 11.0 Å². The van der Waals surface area contributed by atoms with E-state index in [9.17, 15) is 5.11 Å². The topological polar surface area (TPSA) is 33.4 Å². The third-order valence-corrected chi connectivity index (χ3v) is 4.38. The normalized spacial score (nSPS) is 12.7. The molecule has 0 aliphatic heterocycles. The van der Waals surface area contributed by atoms with Crippen LogP contribution in [0, 0.1) is 0 Å². The maximum absolute atomic E-state index is 10.2. The second-order valence-electron chi connectivity index (χ2n) is 4.45. The van der Waals surface area contributed by atoms with Gasteiger partial charge >= 0.3 is 0 Å². The molecule has 3 aromatic rings. The monoisotopic (exact) mass is 304 g/mol. The minimum Gasteiger partial charge on any atom is -0.457 e. The second kappa shape index (κ2) is 5.92. The van der Waals surface area contributed by atoms with Gasteiger partial charge in [0.05, 0.1) is 5.02 Å². The Morgan fingerprint density at radius 3 is 2.65 bits per heavy atom. The summed E-state index contributed by atoms with van der Waals surface area (Å²) in [4.78, 5) is 1.13. The van der Waals surface area contributed by atoms with E-state index in [1.165, 1.54) is 0 Å². The van der Waals surface area contributed by atoms with E-state index in [0.717, 1.165) is 10.3 Å². The van der Waals surface area contributed by atoms with Crippen LogP contribution in [0.4, 0.5) is 0 Å². The molecule has 2 aromatic carbocycles. The third-order valence-electron chi connectivity index (χ3n) is 2.99. The number of rotatable bonds is 4. The molecule has 102 valence electrons. The SMILES string of the molecule is OC(CSc1ccccc1)c1cc2cccc(Cl)c2o1. The Bertz CT molecular complexity index is 709. The van der Waals surface area contributed by atoms with Gasteiger partial charge in [0, 0.05) is 16.0 Å². The number of para-hydroxylation sites is 1. The first-order valence-electron chi connectivity index (χ1n) is 6.28. The molecule has 0 saturated carbocycles. The van der Waals surface area contributed by atoms with Gasteiger partial charge in [0.1, 0.15) is 11.9 Å². The molecule has 4 heteroatoms. The molecule has 0 bridgehead atoms. The van der Waals surface area contributed by atoms with Gasteiger partial charge in [-0.2, -0.15) is 0 Å². The lowest BCUT2D eigenvalue weighted by atomic mass is 10.2. The summed E-state index contributed by atoms with van der Waals surface area (Å²) in [6, 6.07) is 17.4. The Morgan fingerprint density at radius 2 is 1.90 bits per heavy atom. The highest BCUT2D eigenvalue weighted by Gasteiger charge is 2.15. The van der Waals surface area contributed by atoms with Crippen molar-refractivity contribution in [2.24, 2.45) is 0 Å². The maximum Gasteiger partial charge on any atom is 0.152 e. The van der Waals surface area contributed by atoms with Crippen molar-refractivity contribution in [2.75, 3.05) is 5.75 Å². The molecule has 1 unspecified atom stereocenters. The molecule has 1 aromatic heterocycles. The van der Waals surface area contributed by atoms with Gasteiger partial charge in [-0.3, -0.25) is 0 Å². The summed E-state index contributed by atoms with van der Waals surface area (Å²) in [6.45, 7) is 0. The molecule has 2 nitrogen and oxygen atoms in total. The quantitative estimate of drug-likeness (QED) is 0.695. The van der Waals surface area contributed by atoms with Crippen LogP contribution in [0.1, 0.15) is 11.9 Å². The van der Waals surface area contributed by atoms with Crippen molar-refractivity contribution in [3.8, 4) is 0 Å². The number of halogens is 1. The summed E-state index contributed by atoms with van der Waals surface area (Å²) in [5, 5.41) is 11.7. The van der Waals surface area contributed by atoms with Gasteiger partial charge in [-0.05, 0) is 24.3 Å². The highest BCUT2D eigenvalue weighted by Crippen LogP contribution is 2.31. The summed E-state index contributed by atoms with van der Waals surface area (Å²) >= 11 is 7.66. The molecule has 0 fully saturated rings. The zero-order chi connectivity index (χ0) is 13.9. The molecule has 0 amide bonds. The lowest BCUT2D eigenvalue weighted by molar-refractivity contribution is 0.177. The van der Waals surface area contributed by atoms with Gasteiger partial charge in [-0.15, -0.1) is 11.8 Å². The molecule has 0 radical (unpaired) electrons. The van der Waals surface area contributed by atoms with E-state index in [-0.39, 0.29) is 0 Å². The molecule has 1 atom stereocenters. The summed E-state index contributed by atoms with van der Waals surface area (Å²) in [5.41, 5.74) is 0.632. The lowest BCUT2D eigenvalue weighted by Crippen LogP contribution is -1.98. The van der Waals surface area contributed by atoms with E-state index in [0.29, 0.717) is 22.1 Å². The van der Waals surface area contributed by atoms with Crippen molar-refractivity contribution >= 4 is 34.3 Å². The zero-order valence-corrected chi connectivity index (χ0v) is 12.2. The number of aliphatic hydroxyl groups excluding tert-OH is 1. The van der Waals surface area contributed by atoms with Crippen LogP contribution in [0.5, 0.6) is 0 Å². The van der Waals surface area contributed by atoms with Crippen LogP contribution < -0.4 is 0 Å². The van der Waals surface area contributed by atoms with E-state index in [1.54, 1.807) is 17.8 Å². The summed E-state index contributed by atoms with van der Waals surface area (Å²) in [6.07, 6.45) is -0.649. The first kappa shape index (κ1) is 13.6. The van der Waals surface area contributed by atoms with Gasteiger partial charge < -0.3 is 9.52 Å². The van der Waals surface area contributed by atoms with Crippen molar-refractivity contribution in [3.63, 3.8) is 0 Å². The number of hydrogen-bond donors (Lipinski definition) is 1. The molecule has 0 saturated heterocycles. The smallest absolute Gasteiger partial charge is 0.152 e. The molecule has 1 heterocycles. The number of furan rings is 1. The fourth-order valence-electron chi connectivity index (χ4n) is 1.99. The summed E-state index contributed by atoms with van der Waals surface area (Å²) in [7, 11) is 0. The average Bonchev–Trinajstić information content (AvgIpc) is 2.91. The van der Waals surface area contributed by atoms with Crippen molar-refractivity contribution in [3.05, 3.63) is 65.4 Å². The van der Waals surface area contributed by atoms with Crippen LogP contribution in [0.2, 0.25) is 5.02 Å². The van der Waals surface area contributed by atoms with Gasteiger partial charge in [0.2, 0.25) is 0 Å². The van der Waals surface area contributed by atoms with Crippen LogP contribution in [-0.4, -0.2) is 10.9 Å². The van der Waals surface area contributed by atoms with Gasteiger partial charge in [-0.1, -0.05) is 41.9 Å². The van der Waals surface area contributed by atoms with E-state index < -0.39 is 6.10 Å². The van der Waals surface area contributed by atoms with Gasteiger partial charge in [-0.25, -0.2) is 0 Å². The molecule has 20 heavy (non-hydrogen) atoms. The predicted octanol–water partition coefficient (Wildman–Crippen LogP) is 4.91. The van der Waals surface area contributed by atoms with E-state index in [2.05, 4.69) is 0 Å². The fraction of sp³-hybridized carbons (Fsp3) is 0.125. The number of aliphatic hydroxyl groups is 1. The standard InChI is InChI=1S/C16H13ClO2S/c17-13-8-4-5-11-9-15(19-16(11)13)14(18)10-20-12-6-2-1-3-7-12/h1-9,14,18H,10H2. The summed E-state index contributed by atoms with van der Waals surface area (Å²) < 4.78 is 5.65. The number of thioether (sulfide) groups is 1. The molecular formula is C16H13ClO2S. The molecule has 0 aliphatic rings. The Kier molecular flexibility index (Phi) is 4.01. The second-order valence-corrected chi connectivity index (χ2v) is 5.95. The lowest BCUT2D eigenvalue weighted by Gasteiger charge is -2.06. The first-order valence-corrected chi connectivity index (χ1v) is 7.64. The summed E-state index contributed by atoms with van der Waals surface area (Å²) in [5.74, 6) is 1.10. The Hall–Kier alpha value is -1.42. The van der Waals surface area contributed by atoms with Crippen LogP contribution in [0.3, 0.4) is 0 Å². The Labute approximate surface area is 126 Å².